The van der Waals surface area contributed by atoms with Crippen molar-refractivity contribution in [2.24, 2.45) is 0 Å². The van der Waals surface area contributed by atoms with Gasteiger partial charge in [0.1, 0.15) is 0 Å². The largest absolute Gasteiger partial charge is 0.351 e. The van der Waals surface area contributed by atoms with E-state index < -0.39 is 17.2 Å². The molecule has 2 aromatic carbocycles. The maximum absolute atomic E-state index is 14.0. The molecule has 7 heteroatoms. The number of aromatic nitrogens is 2. The Morgan fingerprint density at radius 2 is 1.90 bits per heavy atom. The smallest absolute Gasteiger partial charge is 0.274 e. The van der Waals surface area contributed by atoms with Crippen molar-refractivity contribution < 1.29 is 8.78 Å². The molecule has 0 saturated heterocycles. The van der Waals surface area contributed by atoms with Crippen LogP contribution in [0.5, 0.6) is 0 Å². The van der Waals surface area contributed by atoms with Gasteiger partial charge >= 0.3 is 0 Å². The Labute approximate surface area is 116 Å². The molecule has 0 aliphatic carbocycles. The van der Waals surface area contributed by atoms with Gasteiger partial charge in [-0.15, -0.1) is 0 Å². The highest BCUT2D eigenvalue weighted by Gasteiger charge is 2.18. The molecule has 0 fully saturated rings. The van der Waals surface area contributed by atoms with Gasteiger partial charge < -0.3 is 5.32 Å². The molecule has 1 aromatic heterocycles. The van der Waals surface area contributed by atoms with Crippen molar-refractivity contribution >= 4 is 33.9 Å². The fraction of sp³-hybridized carbons (Fsp3) is 0. The summed E-state index contributed by atoms with van der Waals surface area (Å²) in [6.07, 6.45) is 0. The van der Waals surface area contributed by atoms with Crippen LogP contribution in [0.3, 0.4) is 0 Å². The number of hydrogen-bond acceptors (Lipinski definition) is 2. The number of benzene rings is 2. The van der Waals surface area contributed by atoms with Gasteiger partial charge in [-0.05, 0) is 12.1 Å². The van der Waals surface area contributed by atoms with Crippen molar-refractivity contribution in [3.05, 3.63) is 57.3 Å². The molecule has 0 atom stereocenters. The minimum absolute atomic E-state index is 0.00354. The van der Waals surface area contributed by atoms with Crippen LogP contribution in [0.15, 0.2) is 35.1 Å². The van der Waals surface area contributed by atoms with Crippen LogP contribution in [0.1, 0.15) is 0 Å². The molecule has 0 spiro atoms. The second-order valence-corrected chi connectivity index (χ2v) is 4.56. The molecule has 0 aliphatic rings. The lowest BCUT2D eigenvalue weighted by Gasteiger charge is -2.10. The van der Waals surface area contributed by atoms with E-state index in [1.165, 1.54) is 0 Å². The maximum atomic E-state index is 14.0. The predicted octanol–water partition coefficient (Wildman–Crippen LogP) is 3.53. The SMILES string of the molecule is O=c1[nH][nH]c2cc(F)c(F)c(Nc3ccccc3Cl)c12. The van der Waals surface area contributed by atoms with E-state index in [0.717, 1.165) is 6.07 Å². The molecule has 4 nitrogen and oxygen atoms in total. The van der Waals surface area contributed by atoms with Gasteiger partial charge in [0.25, 0.3) is 5.56 Å². The topological polar surface area (TPSA) is 60.7 Å². The van der Waals surface area contributed by atoms with E-state index >= 15 is 0 Å². The molecule has 0 unspecified atom stereocenters. The van der Waals surface area contributed by atoms with Crippen LogP contribution in [0.2, 0.25) is 5.02 Å². The van der Waals surface area contributed by atoms with Gasteiger partial charge in [-0.3, -0.25) is 15.0 Å². The lowest BCUT2D eigenvalue weighted by atomic mass is 10.2. The minimum Gasteiger partial charge on any atom is -0.351 e. The quantitative estimate of drug-likeness (QED) is 0.677. The summed E-state index contributed by atoms with van der Waals surface area (Å²) < 4.78 is 27.5. The van der Waals surface area contributed by atoms with Crippen LogP contribution in [0.4, 0.5) is 20.2 Å². The molecule has 0 amide bonds. The van der Waals surface area contributed by atoms with Crippen LogP contribution >= 0.6 is 11.6 Å². The third-order valence-corrected chi connectivity index (χ3v) is 3.22. The Bertz CT molecular complexity index is 856. The van der Waals surface area contributed by atoms with E-state index in [9.17, 15) is 13.6 Å². The third-order valence-electron chi connectivity index (χ3n) is 2.89. The van der Waals surface area contributed by atoms with Crippen molar-refractivity contribution in [3.8, 4) is 0 Å². The molecule has 0 radical (unpaired) electrons. The zero-order valence-electron chi connectivity index (χ0n) is 9.93. The van der Waals surface area contributed by atoms with Gasteiger partial charge in [0.05, 0.1) is 27.3 Å². The fourth-order valence-corrected chi connectivity index (χ4v) is 2.14. The van der Waals surface area contributed by atoms with E-state index in [0.29, 0.717) is 10.7 Å². The number of fused-ring (bicyclic) bond motifs is 1. The van der Waals surface area contributed by atoms with E-state index in [4.69, 9.17) is 11.6 Å². The maximum Gasteiger partial charge on any atom is 0.274 e. The molecule has 0 bridgehead atoms. The number of hydrogen-bond donors (Lipinski definition) is 3. The van der Waals surface area contributed by atoms with E-state index in [2.05, 4.69) is 15.5 Å². The molecule has 0 saturated carbocycles. The van der Waals surface area contributed by atoms with Gasteiger partial charge in [0.2, 0.25) is 0 Å². The fourth-order valence-electron chi connectivity index (χ4n) is 1.96. The van der Waals surface area contributed by atoms with Gasteiger partial charge in [-0.25, -0.2) is 8.78 Å². The molecular formula is C13H8ClF2N3O. The van der Waals surface area contributed by atoms with Crippen molar-refractivity contribution in [1.82, 2.24) is 10.2 Å². The first-order chi connectivity index (χ1) is 9.58. The normalized spacial score (nSPS) is 10.9. The Kier molecular flexibility index (Phi) is 2.94. The zero-order valence-corrected chi connectivity index (χ0v) is 10.7. The third kappa shape index (κ3) is 1.94. The first-order valence-electron chi connectivity index (χ1n) is 5.68. The second-order valence-electron chi connectivity index (χ2n) is 4.15. The minimum atomic E-state index is -1.14. The van der Waals surface area contributed by atoms with Crippen LogP contribution < -0.4 is 10.9 Å². The summed E-state index contributed by atoms with van der Waals surface area (Å²) in [7, 11) is 0. The standard InChI is InChI=1S/C13H8ClF2N3O/c14-6-3-1-2-4-8(6)17-12-10-9(18-19-13(10)20)5-7(15)11(12)16/h1-5,17H,(H2,18,19,20). The Hall–Kier alpha value is -2.34. The van der Waals surface area contributed by atoms with Gasteiger partial charge in [-0.1, -0.05) is 23.7 Å². The first-order valence-corrected chi connectivity index (χ1v) is 6.05. The Morgan fingerprint density at radius 1 is 1.15 bits per heavy atom. The summed E-state index contributed by atoms with van der Waals surface area (Å²) in [6, 6.07) is 7.50. The average molecular weight is 296 g/mol. The summed E-state index contributed by atoms with van der Waals surface area (Å²) in [5.41, 5.74) is -0.256. The highest BCUT2D eigenvalue weighted by Crippen LogP contribution is 2.31. The van der Waals surface area contributed by atoms with Gasteiger partial charge in [0.15, 0.2) is 11.6 Å². The first kappa shape index (κ1) is 12.7. The summed E-state index contributed by atoms with van der Waals surface area (Å²) in [5.74, 6) is -2.20. The molecule has 3 aromatic rings. The van der Waals surface area contributed by atoms with Crippen LogP contribution in [-0.4, -0.2) is 10.2 Å². The second kappa shape index (κ2) is 4.64. The number of para-hydroxylation sites is 1. The summed E-state index contributed by atoms with van der Waals surface area (Å²) in [5, 5.41) is 7.76. The summed E-state index contributed by atoms with van der Waals surface area (Å²) in [6.45, 7) is 0. The molecule has 1 heterocycles. The highest BCUT2D eigenvalue weighted by molar-refractivity contribution is 6.33. The van der Waals surface area contributed by atoms with E-state index in [-0.39, 0.29) is 16.6 Å². The number of nitrogens with one attached hydrogen (secondary N) is 3. The van der Waals surface area contributed by atoms with Crippen molar-refractivity contribution in [1.29, 1.82) is 0 Å². The number of H-pyrrole nitrogens is 2. The van der Waals surface area contributed by atoms with Crippen molar-refractivity contribution in [3.63, 3.8) is 0 Å². The van der Waals surface area contributed by atoms with Crippen LogP contribution in [0, 0.1) is 11.6 Å². The lowest BCUT2D eigenvalue weighted by molar-refractivity contribution is 0.513. The number of halogens is 3. The number of rotatable bonds is 2. The Morgan fingerprint density at radius 3 is 2.65 bits per heavy atom. The lowest BCUT2D eigenvalue weighted by Crippen LogP contribution is -2.04. The number of anilines is 2. The number of aromatic amines is 2. The summed E-state index contributed by atoms with van der Waals surface area (Å²) in [4.78, 5) is 11.7. The highest BCUT2D eigenvalue weighted by atomic mass is 35.5. The average Bonchev–Trinajstić information content (AvgIpc) is 2.78. The molecule has 3 N–H and O–H groups in total. The molecular weight excluding hydrogens is 288 g/mol. The van der Waals surface area contributed by atoms with Gasteiger partial charge in [-0.2, -0.15) is 0 Å². The molecule has 3 rings (SSSR count). The summed E-state index contributed by atoms with van der Waals surface area (Å²) >= 11 is 5.96. The molecule has 0 aliphatic heterocycles. The predicted molar refractivity (Wildman–Crippen MR) is 73.6 cm³/mol. The Balaban J connectivity index is 2.25. The molecule has 20 heavy (non-hydrogen) atoms. The van der Waals surface area contributed by atoms with Crippen LogP contribution in [0.25, 0.3) is 10.9 Å². The molecule has 102 valence electrons. The van der Waals surface area contributed by atoms with E-state index in [1.54, 1.807) is 24.3 Å². The monoisotopic (exact) mass is 295 g/mol. The van der Waals surface area contributed by atoms with Crippen molar-refractivity contribution in [2.45, 2.75) is 0 Å². The van der Waals surface area contributed by atoms with Gasteiger partial charge in [0, 0.05) is 6.07 Å². The van der Waals surface area contributed by atoms with Crippen LogP contribution in [-0.2, 0) is 0 Å². The van der Waals surface area contributed by atoms with Crippen molar-refractivity contribution in [2.75, 3.05) is 5.32 Å². The van der Waals surface area contributed by atoms with E-state index in [1.807, 2.05) is 0 Å². The zero-order chi connectivity index (χ0) is 14.3.